The Labute approximate surface area is 37.3 Å². The molecule has 0 saturated heterocycles. The molecule has 0 aromatic carbocycles. The molecule has 0 aliphatic carbocycles. The summed E-state index contributed by atoms with van der Waals surface area (Å²) >= 11 is 0. The van der Waals surface area contributed by atoms with Gasteiger partial charge in [-0.1, -0.05) is 0 Å². The maximum absolute atomic E-state index is 0. The molecule has 4 heteroatoms. The molecule has 0 aliphatic rings. The van der Waals surface area contributed by atoms with Crippen LogP contribution < -0.4 is 6.15 Å². The van der Waals surface area contributed by atoms with E-state index in [1.807, 2.05) is 0 Å². The van der Waals surface area contributed by atoms with Crippen molar-refractivity contribution in [2.45, 2.75) is 0 Å². The molecule has 0 fully saturated rings. The smallest absolute Gasteiger partial charge is 1.00 e. The third kappa shape index (κ3) is 22.3. The van der Waals surface area contributed by atoms with Crippen molar-refractivity contribution >= 4 is 0 Å². The van der Waals surface area contributed by atoms with E-state index in [2.05, 4.69) is 0 Å². The second-order valence-electron chi connectivity index (χ2n) is 0. The van der Waals surface area contributed by atoms with Crippen LogP contribution in [0.25, 0.3) is 0 Å². The summed E-state index contributed by atoms with van der Waals surface area (Å²) < 4.78 is 0. The molecule has 3 nitrogen and oxygen atoms in total. The first-order valence-corrected chi connectivity index (χ1v) is 0. The molecule has 0 aromatic heterocycles. The number of quaternary nitrogens is 1. The minimum Gasteiger partial charge on any atom is -2.00 e. The average molecular weight is 117 g/mol. The third-order valence-corrected chi connectivity index (χ3v) is 0. The molecule has 1 radical (unpaired) electrons. The fourth-order valence-corrected chi connectivity index (χ4v) is 0. The summed E-state index contributed by atoms with van der Waals surface area (Å²) in [5, 5.41) is 0. The van der Waals surface area contributed by atoms with Gasteiger partial charge < -0.3 is 17.1 Å². The van der Waals surface area contributed by atoms with Crippen LogP contribution in [0.15, 0.2) is 0 Å². The zero-order valence-corrected chi connectivity index (χ0v) is 5.58. The molecular formula is H6NO2Zn. The molecule has 0 spiro atoms. The molecule has 0 aliphatic heterocycles. The molecule has 0 saturated carbocycles. The summed E-state index contributed by atoms with van der Waals surface area (Å²) in [6.45, 7) is 0. The van der Waals surface area contributed by atoms with Crippen LogP contribution in [0.3, 0.4) is 0 Å². The minimum absolute atomic E-state index is 0. The second-order valence-corrected chi connectivity index (χ2v) is 0. The van der Waals surface area contributed by atoms with E-state index in [1.165, 1.54) is 0 Å². The van der Waals surface area contributed by atoms with Crippen molar-refractivity contribution in [1.82, 2.24) is 6.15 Å². The van der Waals surface area contributed by atoms with Crippen molar-refractivity contribution in [3.8, 4) is 0 Å². The van der Waals surface area contributed by atoms with Gasteiger partial charge in [0.2, 0.25) is 0 Å². The van der Waals surface area contributed by atoms with Crippen molar-refractivity contribution in [1.29, 1.82) is 0 Å². The van der Waals surface area contributed by atoms with Gasteiger partial charge in [0, 0.05) is 0 Å². The molecular weight excluding hydrogens is 111 g/mol. The van der Waals surface area contributed by atoms with Crippen molar-refractivity contribution in [2.24, 2.45) is 0 Å². The van der Waals surface area contributed by atoms with Gasteiger partial charge in [-0.25, -0.2) is 0 Å². The third-order valence-electron chi connectivity index (χ3n) is 0. The molecule has 0 bridgehead atoms. The first-order valence-electron chi connectivity index (χ1n) is 0. The normalized spacial score (nSPS) is 0. The zero-order chi connectivity index (χ0) is 0. The van der Waals surface area contributed by atoms with Crippen LogP contribution in [-0.4, -0.2) is 5.48 Å². The second kappa shape index (κ2) is 86.6. The fraction of sp³-hybridized carbons (Fsp3) is 0. The zero-order valence-electron chi connectivity index (χ0n) is 2.62. The number of hydrogen-bond acceptors (Lipinski definition) is 0. The van der Waals surface area contributed by atoms with E-state index in [4.69, 9.17) is 0 Å². The van der Waals surface area contributed by atoms with Crippen LogP contribution in [-0.2, 0) is 25.0 Å². The van der Waals surface area contributed by atoms with E-state index in [9.17, 15) is 0 Å². The fourth-order valence-electron chi connectivity index (χ4n) is 0. The van der Waals surface area contributed by atoms with Crippen molar-refractivity contribution in [3.63, 3.8) is 0 Å². The standard InChI is InChI=1S/H3N.H2O.O.Zn/h1H3;1H2;;/q;;-2;+1/p+1. The Morgan fingerprint density at radius 3 is 1.00 bits per heavy atom. The summed E-state index contributed by atoms with van der Waals surface area (Å²) in [4.78, 5) is 0. The predicted octanol–water partition coefficient (Wildman–Crippen LogP) is -0.570. The Bertz CT molecular complexity index is 6.00. The van der Waals surface area contributed by atoms with Gasteiger partial charge in [-0.3, -0.25) is 0 Å². The van der Waals surface area contributed by atoms with E-state index in [-0.39, 0.29) is 36.6 Å². The van der Waals surface area contributed by atoms with Gasteiger partial charge in [-0.05, 0) is 0 Å². The monoisotopic (exact) mass is 116 g/mol. The Balaban J connectivity index is 0. The molecule has 0 aromatic rings. The van der Waals surface area contributed by atoms with Gasteiger partial charge in [-0.15, -0.1) is 0 Å². The SMILES string of the molecule is O.[NH4+].[O-2].[Zn+]. The van der Waals surface area contributed by atoms with Crippen LogP contribution >= 0.6 is 0 Å². The maximum atomic E-state index is 0. The summed E-state index contributed by atoms with van der Waals surface area (Å²) in [7, 11) is 0. The number of rotatable bonds is 0. The van der Waals surface area contributed by atoms with Crippen LogP contribution in [0.4, 0.5) is 0 Å². The summed E-state index contributed by atoms with van der Waals surface area (Å²) in [5.74, 6) is 0. The minimum atomic E-state index is 0. The summed E-state index contributed by atoms with van der Waals surface area (Å²) in [6, 6.07) is 0. The largest absolute Gasteiger partial charge is 2.00 e. The molecule has 4 heavy (non-hydrogen) atoms. The first-order chi connectivity index (χ1) is 0. The molecule has 0 atom stereocenters. The summed E-state index contributed by atoms with van der Waals surface area (Å²) in [5.41, 5.74) is 0. The van der Waals surface area contributed by atoms with Crippen molar-refractivity contribution < 1.29 is 30.4 Å². The van der Waals surface area contributed by atoms with Crippen LogP contribution in [0.1, 0.15) is 0 Å². The van der Waals surface area contributed by atoms with Gasteiger partial charge in [0.15, 0.2) is 0 Å². The number of hydrogen-bond donors (Lipinski definition) is 1. The van der Waals surface area contributed by atoms with E-state index >= 15 is 0 Å². The first kappa shape index (κ1) is 218. The van der Waals surface area contributed by atoms with E-state index in [0.29, 0.717) is 0 Å². The van der Waals surface area contributed by atoms with Crippen LogP contribution in [0.2, 0.25) is 0 Å². The molecule has 25 valence electrons. The van der Waals surface area contributed by atoms with Crippen LogP contribution in [0, 0.1) is 0 Å². The Hall–Kier alpha value is 0.503. The predicted molar refractivity (Wildman–Crippen MR) is 10.3 cm³/mol. The average Bonchev–Trinajstić information content (AvgIpc) is 0. The summed E-state index contributed by atoms with van der Waals surface area (Å²) in [6.07, 6.45) is 0. The molecule has 6 N–H and O–H groups in total. The Kier molecular flexibility index (Phi) is 4730. The van der Waals surface area contributed by atoms with Crippen LogP contribution in [0.5, 0.6) is 0 Å². The van der Waals surface area contributed by atoms with Gasteiger partial charge in [0.05, 0.1) is 0 Å². The molecule has 0 heterocycles. The molecule has 0 rings (SSSR count). The van der Waals surface area contributed by atoms with Gasteiger partial charge in [0.25, 0.3) is 0 Å². The quantitative estimate of drug-likeness (QED) is 0.411. The van der Waals surface area contributed by atoms with E-state index < -0.39 is 0 Å². The van der Waals surface area contributed by atoms with Crippen molar-refractivity contribution in [3.05, 3.63) is 0 Å². The van der Waals surface area contributed by atoms with Gasteiger partial charge in [-0.2, -0.15) is 0 Å². The molecule has 0 unspecified atom stereocenters. The Morgan fingerprint density at radius 2 is 1.00 bits per heavy atom. The van der Waals surface area contributed by atoms with Gasteiger partial charge >= 0.3 is 19.5 Å². The molecule has 0 amide bonds. The van der Waals surface area contributed by atoms with Gasteiger partial charge in [0.1, 0.15) is 0 Å². The van der Waals surface area contributed by atoms with E-state index in [1.54, 1.807) is 0 Å². The maximum Gasteiger partial charge on any atom is 1.00 e. The van der Waals surface area contributed by atoms with Crippen molar-refractivity contribution in [2.75, 3.05) is 0 Å². The topological polar surface area (TPSA) is 96.5 Å². The van der Waals surface area contributed by atoms with E-state index in [0.717, 1.165) is 0 Å². The Morgan fingerprint density at radius 1 is 1.00 bits per heavy atom.